The Balaban J connectivity index is 2.53. The van der Waals surface area contributed by atoms with Crippen LogP contribution in [0.4, 0.5) is 4.79 Å². The van der Waals surface area contributed by atoms with E-state index in [4.69, 9.17) is 10.5 Å². The van der Waals surface area contributed by atoms with Gasteiger partial charge in [0.2, 0.25) is 0 Å². The maximum absolute atomic E-state index is 11.4. The molecule has 1 amide bonds. The number of amides is 1. The topological polar surface area (TPSA) is 105 Å². The molecule has 6 nitrogen and oxygen atoms in total. The Morgan fingerprint density at radius 1 is 1.37 bits per heavy atom. The third-order valence-electron chi connectivity index (χ3n) is 2.29. The molecule has 0 spiro atoms. The van der Waals surface area contributed by atoms with Crippen LogP contribution >= 0.6 is 0 Å². The second kappa shape index (κ2) is 5.79. The van der Waals surface area contributed by atoms with Gasteiger partial charge in [0.05, 0.1) is 0 Å². The van der Waals surface area contributed by atoms with E-state index in [-0.39, 0.29) is 18.0 Å². The number of nitrogens with two attached hydrogens (primary N) is 1. The van der Waals surface area contributed by atoms with Crippen molar-refractivity contribution in [3.8, 4) is 11.5 Å². The number of phenolic OH excluding ortho intramolecular Hbond substituents is 2. The number of rotatable bonds is 3. The zero-order chi connectivity index (χ0) is 14.6. The van der Waals surface area contributed by atoms with Crippen molar-refractivity contribution >= 4 is 6.09 Å². The Morgan fingerprint density at radius 3 is 2.53 bits per heavy atom. The number of nitrogens with one attached hydrogen (secondary N) is 1. The zero-order valence-corrected chi connectivity index (χ0v) is 11.3. The summed E-state index contributed by atoms with van der Waals surface area (Å²) >= 11 is 0. The van der Waals surface area contributed by atoms with Gasteiger partial charge in [0.15, 0.2) is 11.5 Å². The van der Waals surface area contributed by atoms with E-state index in [1.165, 1.54) is 12.1 Å². The third-order valence-corrected chi connectivity index (χ3v) is 2.29. The van der Waals surface area contributed by atoms with Crippen LogP contribution in [0.1, 0.15) is 32.4 Å². The Hall–Kier alpha value is -1.95. The predicted octanol–water partition coefficient (Wildman–Crippen LogP) is 1.62. The molecule has 1 aromatic carbocycles. The van der Waals surface area contributed by atoms with Crippen LogP contribution in [0.15, 0.2) is 18.2 Å². The summed E-state index contributed by atoms with van der Waals surface area (Å²) in [4.78, 5) is 11.4. The number of hydrogen-bond donors (Lipinski definition) is 4. The highest BCUT2D eigenvalue weighted by molar-refractivity contribution is 5.67. The number of benzene rings is 1. The van der Waals surface area contributed by atoms with Crippen molar-refractivity contribution in [3.63, 3.8) is 0 Å². The van der Waals surface area contributed by atoms with Crippen molar-refractivity contribution in [2.75, 3.05) is 6.54 Å². The Kier molecular flexibility index (Phi) is 4.61. The average molecular weight is 268 g/mol. The van der Waals surface area contributed by atoms with Gasteiger partial charge >= 0.3 is 6.09 Å². The first kappa shape index (κ1) is 15.1. The number of phenols is 2. The molecule has 0 bridgehead atoms. The number of carbonyl (C=O) groups is 1. The van der Waals surface area contributed by atoms with E-state index in [1.54, 1.807) is 26.8 Å². The molecule has 0 fully saturated rings. The first-order chi connectivity index (χ1) is 8.69. The molecule has 1 unspecified atom stereocenters. The molecule has 1 atom stereocenters. The maximum atomic E-state index is 11.4. The summed E-state index contributed by atoms with van der Waals surface area (Å²) in [6, 6.07) is 3.78. The molecule has 0 radical (unpaired) electrons. The van der Waals surface area contributed by atoms with Gasteiger partial charge in [-0.2, -0.15) is 0 Å². The lowest BCUT2D eigenvalue weighted by Crippen LogP contribution is -2.36. The van der Waals surface area contributed by atoms with Crippen LogP contribution in [0.25, 0.3) is 0 Å². The normalized spacial score (nSPS) is 12.8. The van der Waals surface area contributed by atoms with E-state index in [0.29, 0.717) is 5.56 Å². The lowest BCUT2D eigenvalue weighted by molar-refractivity contribution is 0.0524. The van der Waals surface area contributed by atoms with E-state index < -0.39 is 17.7 Å². The molecule has 0 aromatic heterocycles. The van der Waals surface area contributed by atoms with E-state index >= 15 is 0 Å². The molecular weight excluding hydrogens is 248 g/mol. The summed E-state index contributed by atoms with van der Waals surface area (Å²) in [6.07, 6.45) is -0.550. The quantitative estimate of drug-likeness (QED) is 0.623. The van der Waals surface area contributed by atoms with E-state index in [2.05, 4.69) is 5.32 Å². The van der Waals surface area contributed by atoms with E-state index in [0.717, 1.165) is 0 Å². The van der Waals surface area contributed by atoms with Gasteiger partial charge in [0.25, 0.3) is 0 Å². The monoisotopic (exact) mass is 268 g/mol. The molecule has 106 valence electrons. The minimum Gasteiger partial charge on any atom is -0.504 e. The van der Waals surface area contributed by atoms with Crippen molar-refractivity contribution < 1.29 is 19.7 Å². The number of alkyl carbamates (subject to hydrolysis) is 1. The fraction of sp³-hybridized carbons (Fsp3) is 0.462. The molecule has 0 heterocycles. The minimum absolute atomic E-state index is 0.166. The van der Waals surface area contributed by atoms with Crippen LogP contribution < -0.4 is 11.1 Å². The van der Waals surface area contributed by atoms with E-state index in [1.807, 2.05) is 0 Å². The Labute approximate surface area is 112 Å². The fourth-order valence-corrected chi connectivity index (χ4v) is 1.40. The van der Waals surface area contributed by atoms with Gasteiger partial charge in [0, 0.05) is 12.6 Å². The van der Waals surface area contributed by atoms with Crippen LogP contribution in [0.2, 0.25) is 0 Å². The van der Waals surface area contributed by atoms with Gasteiger partial charge in [-0.3, -0.25) is 0 Å². The van der Waals surface area contributed by atoms with Gasteiger partial charge in [-0.1, -0.05) is 6.07 Å². The first-order valence-electron chi connectivity index (χ1n) is 5.93. The van der Waals surface area contributed by atoms with Crippen LogP contribution in [0.3, 0.4) is 0 Å². The van der Waals surface area contributed by atoms with Crippen LogP contribution in [0, 0.1) is 0 Å². The molecule has 5 N–H and O–H groups in total. The van der Waals surface area contributed by atoms with Crippen molar-refractivity contribution in [1.82, 2.24) is 5.32 Å². The van der Waals surface area contributed by atoms with Crippen molar-refractivity contribution in [2.45, 2.75) is 32.4 Å². The van der Waals surface area contributed by atoms with Crippen molar-refractivity contribution in [1.29, 1.82) is 0 Å². The van der Waals surface area contributed by atoms with Crippen LogP contribution in [0.5, 0.6) is 11.5 Å². The third kappa shape index (κ3) is 5.05. The molecule has 1 rings (SSSR count). The Morgan fingerprint density at radius 2 is 2.00 bits per heavy atom. The zero-order valence-electron chi connectivity index (χ0n) is 11.3. The molecule has 0 saturated carbocycles. The van der Waals surface area contributed by atoms with Crippen LogP contribution in [-0.2, 0) is 4.74 Å². The molecule has 0 aliphatic rings. The summed E-state index contributed by atoms with van der Waals surface area (Å²) < 4.78 is 5.07. The smallest absolute Gasteiger partial charge is 0.407 e. The van der Waals surface area contributed by atoms with Crippen LogP contribution in [-0.4, -0.2) is 28.5 Å². The van der Waals surface area contributed by atoms with Gasteiger partial charge in [0.1, 0.15) is 5.60 Å². The molecule has 1 aromatic rings. The number of hydrogen-bond acceptors (Lipinski definition) is 5. The highest BCUT2D eigenvalue weighted by atomic mass is 16.6. The molecular formula is C13H20N2O4. The van der Waals surface area contributed by atoms with Gasteiger partial charge in [-0.05, 0) is 38.5 Å². The fourth-order valence-electron chi connectivity index (χ4n) is 1.40. The maximum Gasteiger partial charge on any atom is 0.407 e. The summed E-state index contributed by atoms with van der Waals surface area (Å²) in [5.41, 5.74) is 5.90. The summed E-state index contributed by atoms with van der Waals surface area (Å²) in [5, 5.41) is 21.1. The number of ether oxygens (including phenoxy) is 1. The molecule has 0 aliphatic carbocycles. The van der Waals surface area contributed by atoms with Crippen molar-refractivity contribution in [2.24, 2.45) is 5.73 Å². The first-order valence-corrected chi connectivity index (χ1v) is 5.93. The van der Waals surface area contributed by atoms with Crippen molar-refractivity contribution in [3.05, 3.63) is 23.8 Å². The highest BCUT2D eigenvalue weighted by Gasteiger charge is 2.17. The standard InChI is InChI=1S/C13H20N2O4/c1-13(2,3)19-12(18)15-7-9(14)8-4-5-10(16)11(17)6-8/h4-6,9,16-17H,7,14H2,1-3H3,(H,15,18). The SMILES string of the molecule is CC(C)(C)OC(=O)NCC(N)c1ccc(O)c(O)c1. The Bertz CT molecular complexity index is 454. The molecule has 19 heavy (non-hydrogen) atoms. The summed E-state index contributed by atoms with van der Waals surface area (Å²) in [7, 11) is 0. The largest absolute Gasteiger partial charge is 0.504 e. The minimum atomic E-state index is -0.565. The van der Waals surface area contributed by atoms with E-state index in [9.17, 15) is 15.0 Å². The van der Waals surface area contributed by atoms with Gasteiger partial charge in [-0.25, -0.2) is 4.79 Å². The van der Waals surface area contributed by atoms with Gasteiger partial charge in [-0.15, -0.1) is 0 Å². The summed E-state index contributed by atoms with van der Waals surface area (Å²) in [6.45, 7) is 5.47. The molecule has 6 heteroatoms. The molecule has 0 aliphatic heterocycles. The second-order valence-corrected chi connectivity index (χ2v) is 5.24. The lowest BCUT2D eigenvalue weighted by atomic mass is 10.1. The highest BCUT2D eigenvalue weighted by Crippen LogP contribution is 2.26. The van der Waals surface area contributed by atoms with Gasteiger partial charge < -0.3 is 26.0 Å². The molecule has 0 saturated heterocycles. The predicted molar refractivity (Wildman–Crippen MR) is 70.9 cm³/mol. The second-order valence-electron chi connectivity index (χ2n) is 5.24. The lowest BCUT2D eigenvalue weighted by Gasteiger charge is -2.21. The number of carbonyl (C=O) groups excluding carboxylic acids is 1. The number of aromatic hydroxyl groups is 2. The average Bonchev–Trinajstić information content (AvgIpc) is 2.27. The summed E-state index contributed by atoms with van der Waals surface area (Å²) in [5.74, 6) is -0.457.